The van der Waals surface area contributed by atoms with Crippen LogP contribution in [0.25, 0.3) is 0 Å². The molecule has 1 radical (unpaired) electrons. The molecule has 0 aromatic rings. The Kier molecular flexibility index (Phi) is 2.30. The van der Waals surface area contributed by atoms with Gasteiger partial charge in [0.2, 0.25) is 0 Å². The average molecular weight is 113 g/mol. The molecule has 2 nitrogen and oxygen atoms in total. The van der Waals surface area contributed by atoms with Gasteiger partial charge in [0.05, 0.1) is 0 Å². The molecule has 0 aliphatic heterocycles. The topological polar surface area (TPSA) is 40.1 Å². The molecule has 2 heteroatoms. The number of rotatable bonds is 4. The third kappa shape index (κ3) is 2.28. The average Bonchev–Trinajstić information content (AvgIpc) is 2.51. The SMILES string of the molecule is NCC[N]CC1CC1. The van der Waals surface area contributed by atoms with Gasteiger partial charge in [-0.15, -0.1) is 0 Å². The predicted octanol–water partition coefficient (Wildman–Crippen LogP) is -0.0405. The Morgan fingerprint density at radius 3 is 2.75 bits per heavy atom. The Morgan fingerprint density at radius 2 is 2.25 bits per heavy atom. The van der Waals surface area contributed by atoms with E-state index in [-0.39, 0.29) is 0 Å². The molecule has 1 fully saturated rings. The lowest BCUT2D eigenvalue weighted by Crippen LogP contribution is -2.17. The lowest BCUT2D eigenvalue weighted by molar-refractivity contribution is 0.631. The maximum Gasteiger partial charge on any atom is 0.0256 e. The second kappa shape index (κ2) is 3.05. The Morgan fingerprint density at radius 1 is 1.50 bits per heavy atom. The predicted molar refractivity (Wildman–Crippen MR) is 33.6 cm³/mol. The van der Waals surface area contributed by atoms with Crippen molar-refractivity contribution in [3.63, 3.8) is 0 Å². The van der Waals surface area contributed by atoms with E-state index in [0.29, 0.717) is 6.54 Å². The molecule has 0 bridgehead atoms. The molecule has 8 heavy (non-hydrogen) atoms. The van der Waals surface area contributed by atoms with Gasteiger partial charge in [-0.1, -0.05) is 0 Å². The Bertz CT molecular complexity index is 59.5. The highest BCUT2D eigenvalue weighted by molar-refractivity contribution is 4.74. The van der Waals surface area contributed by atoms with E-state index in [2.05, 4.69) is 5.32 Å². The third-order valence-corrected chi connectivity index (χ3v) is 1.37. The van der Waals surface area contributed by atoms with Crippen LogP contribution in [-0.4, -0.2) is 19.6 Å². The van der Waals surface area contributed by atoms with E-state index in [1.807, 2.05) is 0 Å². The van der Waals surface area contributed by atoms with E-state index in [4.69, 9.17) is 5.73 Å². The standard InChI is InChI=1S/C6H13N2/c7-3-4-8-5-6-1-2-6/h6H,1-5,7H2. The van der Waals surface area contributed by atoms with Gasteiger partial charge in [0.1, 0.15) is 0 Å². The highest BCUT2D eigenvalue weighted by Crippen LogP contribution is 2.27. The summed E-state index contributed by atoms with van der Waals surface area (Å²) < 4.78 is 0. The highest BCUT2D eigenvalue weighted by atomic mass is 14.9. The van der Waals surface area contributed by atoms with Crippen LogP contribution in [0.4, 0.5) is 0 Å². The van der Waals surface area contributed by atoms with Crippen molar-refractivity contribution >= 4 is 0 Å². The van der Waals surface area contributed by atoms with Gasteiger partial charge in [-0.25, -0.2) is 5.32 Å². The van der Waals surface area contributed by atoms with Crippen LogP contribution >= 0.6 is 0 Å². The first-order valence-electron chi connectivity index (χ1n) is 3.27. The lowest BCUT2D eigenvalue weighted by atomic mass is 10.4. The molecule has 1 rings (SSSR count). The zero-order valence-corrected chi connectivity index (χ0v) is 5.14. The second-order valence-corrected chi connectivity index (χ2v) is 2.36. The molecule has 0 aromatic heterocycles. The largest absolute Gasteiger partial charge is 0.329 e. The minimum Gasteiger partial charge on any atom is -0.329 e. The summed E-state index contributed by atoms with van der Waals surface area (Å²) in [6.45, 7) is 2.64. The van der Waals surface area contributed by atoms with E-state index in [1.54, 1.807) is 0 Å². The molecular formula is C6H13N2. The fraction of sp³-hybridized carbons (Fsp3) is 1.00. The van der Waals surface area contributed by atoms with Gasteiger partial charge in [-0.3, -0.25) is 0 Å². The lowest BCUT2D eigenvalue weighted by Gasteiger charge is -1.94. The summed E-state index contributed by atoms with van der Waals surface area (Å²) in [5, 5.41) is 4.23. The van der Waals surface area contributed by atoms with Gasteiger partial charge in [-0.05, 0) is 18.8 Å². The van der Waals surface area contributed by atoms with Crippen molar-refractivity contribution in [2.45, 2.75) is 12.8 Å². The molecule has 1 aliphatic rings. The van der Waals surface area contributed by atoms with Crippen molar-refractivity contribution in [1.82, 2.24) is 5.32 Å². The van der Waals surface area contributed by atoms with Gasteiger partial charge in [0, 0.05) is 19.6 Å². The van der Waals surface area contributed by atoms with Crippen molar-refractivity contribution in [1.29, 1.82) is 0 Å². The molecule has 0 aromatic carbocycles. The molecule has 0 spiro atoms. The molecule has 0 heterocycles. The zero-order chi connectivity index (χ0) is 5.82. The molecule has 0 amide bonds. The first-order chi connectivity index (χ1) is 3.93. The second-order valence-electron chi connectivity index (χ2n) is 2.36. The van der Waals surface area contributed by atoms with E-state index >= 15 is 0 Å². The summed E-state index contributed by atoms with van der Waals surface area (Å²) >= 11 is 0. The first-order valence-corrected chi connectivity index (χ1v) is 3.27. The maximum atomic E-state index is 5.24. The summed E-state index contributed by atoms with van der Waals surface area (Å²) in [4.78, 5) is 0. The van der Waals surface area contributed by atoms with Crippen molar-refractivity contribution < 1.29 is 0 Å². The highest BCUT2D eigenvalue weighted by Gasteiger charge is 2.20. The number of hydrogen-bond acceptors (Lipinski definition) is 1. The molecule has 1 aliphatic carbocycles. The number of nitrogens with two attached hydrogens (primary N) is 1. The van der Waals surface area contributed by atoms with E-state index in [1.165, 1.54) is 12.8 Å². The van der Waals surface area contributed by atoms with Gasteiger partial charge in [0.25, 0.3) is 0 Å². The van der Waals surface area contributed by atoms with Crippen LogP contribution in [0, 0.1) is 5.92 Å². The van der Waals surface area contributed by atoms with Crippen LogP contribution in [-0.2, 0) is 0 Å². The summed E-state index contributed by atoms with van der Waals surface area (Å²) in [6, 6.07) is 0. The maximum absolute atomic E-state index is 5.24. The Hall–Kier alpha value is -0.0800. The fourth-order valence-corrected chi connectivity index (χ4v) is 0.666. The molecule has 0 saturated heterocycles. The summed E-state index contributed by atoms with van der Waals surface area (Å²) in [5.41, 5.74) is 5.24. The van der Waals surface area contributed by atoms with Gasteiger partial charge in [0.15, 0.2) is 0 Å². The van der Waals surface area contributed by atoms with Crippen molar-refractivity contribution in [2.24, 2.45) is 11.7 Å². The normalized spacial score (nSPS) is 19.1. The molecule has 2 N–H and O–H groups in total. The van der Waals surface area contributed by atoms with Crippen LogP contribution in [0.2, 0.25) is 0 Å². The van der Waals surface area contributed by atoms with Crippen LogP contribution in [0.15, 0.2) is 0 Å². The number of hydrogen-bond donors (Lipinski definition) is 1. The zero-order valence-electron chi connectivity index (χ0n) is 5.14. The van der Waals surface area contributed by atoms with Gasteiger partial charge < -0.3 is 5.73 Å². The van der Waals surface area contributed by atoms with Crippen LogP contribution in [0.5, 0.6) is 0 Å². The minimum absolute atomic E-state index is 0.715. The van der Waals surface area contributed by atoms with Crippen LogP contribution in [0.1, 0.15) is 12.8 Å². The molecule has 1 saturated carbocycles. The third-order valence-electron chi connectivity index (χ3n) is 1.37. The van der Waals surface area contributed by atoms with Crippen LogP contribution < -0.4 is 11.1 Å². The minimum atomic E-state index is 0.715. The van der Waals surface area contributed by atoms with E-state index in [0.717, 1.165) is 19.0 Å². The summed E-state index contributed by atoms with van der Waals surface area (Å²) in [7, 11) is 0. The van der Waals surface area contributed by atoms with Crippen molar-refractivity contribution in [3.8, 4) is 0 Å². The fourth-order valence-electron chi connectivity index (χ4n) is 0.666. The van der Waals surface area contributed by atoms with Crippen molar-refractivity contribution in [3.05, 3.63) is 0 Å². The van der Waals surface area contributed by atoms with Gasteiger partial charge >= 0.3 is 0 Å². The summed E-state index contributed by atoms with van der Waals surface area (Å²) in [6.07, 6.45) is 2.79. The van der Waals surface area contributed by atoms with E-state index in [9.17, 15) is 0 Å². The van der Waals surface area contributed by atoms with Crippen molar-refractivity contribution in [2.75, 3.05) is 19.6 Å². The Labute approximate surface area is 50.4 Å². The molecule has 0 atom stereocenters. The molecular weight excluding hydrogens is 100 g/mol. The molecule has 0 unspecified atom stereocenters. The number of nitrogens with zero attached hydrogens (tertiary/aromatic N) is 1. The smallest absolute Gasteiger partial charge is 0.0256 e. The summed E-state index contributed by atoms with van der Waals surface area (Å²) in [5.74, 6) is 0.932. The first kappa shape index (κ1) is 6.05. The van der Waals surface area contributed by atoms with Crippen LogP contribution in [0.3, 0.4) is 0 Å². The quantitative estimate of drug-likeness (QED) is 0.510. The Balaban J connectivity index is 1.74. The van der Waals surface area contributed by atoms with Gasteiger partial charge in [-0.2, -0.15) is 0 Å². The monoisotopic (exact) mass is 113 g/mol. The molecule has 47 valence electrons. The van der Waals surface area contributed by atoms with E-state index < -0.39 is 0 Å².